The van der Waals surface area contributed by atoms with Crippen LogP contribution in [0.4, 0.5) is 0 Å². The van der Waals surface area contributed by atoms with Crippen molar-refractivity contribution in [1.29, 1.82) is 0 Å². The molecule has 0 N–H and O–H groups in total. The number of hydrogen-bond acceptors (Lipinski definition) is 4. The van der Waals surface area contributed by atoms with Crippen molar-refractivity contribution in [3.05, 3.63) is 34.1 Å². The summed E-state index contributed by atoms with van der Waals surface area (Å²) < 4.78 is 10.2. The predicted octanol–water partition coefficient (Wildman–Crippen LogP) is 4.95. The number of aryl methyl sites for hydroxylation is 1. The number of ether oxygens (including phenoxy) is 1. The lowest BCUT2D eigenvalue weighted by molar-refractivity contribution is -0.132. The van der Waals surface area contributed by atoms with Crippen LogP contribution in [-0.4, -0.2) is 51.0 Å². The number of benzene rings is 1. The number of nitrogens with zero attached hydrogens (tertiary/aromatic N) is 4. The molecule has 0 spiro atoms. The largest absolute Gasteiger partial charge is 0.376 e. The first-order chi connectivity index (χ1) is 14.5. The number of carbonyl (C=O) groups excluding carboxylic acids is 1. The first kappa shape index (κ1) is 23.0. The summed E-state index contributed by atoms with van der Waals surface area (Å²) in [6, 6.07) is 7.63. The van der Waals surface area contributed by atoms with Gasteiger partial charge in [0.15, 0.2) is 10.6 Å². The summed E-state index contributed by atoms with van der Waals surface area (Å²) in [6.07, 6.45) is 4.74. The third-order valence-electron chi connectivity index (χ3n) is 5.48. The van der Waals surface area contributed by atoms with Crippen LogP contribution in [0.1, 0.15) is 46.0 Å². The van der Waals surface area contributed by atoms with Crippen molar-refractivity contribution in [2.75, 3.05) is 19.7 Å². The molecule has 1 aromatic heterocycles. The molecule has 1 fully saturated rings. The van der Waals surface area contributed by atoms with E-state index in [2.05, 4.69) is 11.5 Å². The molecule has 1 atom stereocenters. The van der Waals surface area contributed by atoms with Crippen molar-refractivity contribution in [2.24, 2.45) is 0 Å². The monoisotopic (exact) mass is 450 g/mol. The van der Waals surface area contributed by atoms with E-state index in [9.17, 15) is 4.79 Å². The lowest BCUT2D eigenvalue weighted by atomic mass is 10.2. The van der Waals surface area contributed by atoms with Gasteiger partial charge in [-0.25, -0.2) is 4.68 Å². The van der Waals surface area contributed by atoms with E-state index in [4.69, 9.17) is 33.7 Å². The summed E-state index contributed by atoms with van der Waals surface area (Å²) >= 11 is 11.7. The standard InChI is InChI=1S/C22H31ClN4O2S/c1-3-5-13-26-21(17-8-10-18(23)11-9-17)24-27(22(26)30)14-12-20(28)25(4-2)16-19-7-6-15-29-19/h8-11,19H,3-7,12-16H2,1-2H3. The number of likely N-dealkylation sites (N-methyl/N-ethyl adjacent to an activating group) is 1. The molecule has 0 radical (unpaired) electrons. The molecular weight excluding hydrogens is 420 g/mol. The Kier molecular flexibility index (Phi) is 8.48. The van der Waals surface area contributed by atoms with Gasteiger partial charge < -0.3 is 9.64 Å². The van der Waals surface area contributed by atoms with Crippen LogP contribution in [-0.2, 0) is 22.6 Å². The van der Waals surface area contributed by atoms with Gasteiger partial charge >= 0.3 is 0 Å². The van der Waals surface area contributed by atoms with Crippen LogP contribution in [0.3, 0.4) is 0 Å². The number of hydrogen-bond donors (Lipinski definition) is 0. The molecule has 1 unspecified atom stereocenters. The van der Waals surface area contributed by atoms with Crippen molar-refractivity contribution in [3.63, 3.8) is 0 Å². The Morgan fingerprint density at radius 1 is 1.30 bits per heavy atom. The molecule has 2 aromatic rings. The average Bonchev–Trinajstić information content (AvgIpc) is 3.37. The summed E-state index contributed by atoms with van der Waals surface area (Å²) in [5.74, 6) is 0.940. The number of aromatic nitrogens is 3. The van der Waals surface area contributed by atoms with Crippen LogP contribution >= 0.6 is 23.8 Å². The molecule has 1 amide bonds. The van der Waals surface area contributed by atoms with Crippen LogP contribution in [0.15, 0.2) is 24.3 Å². The van der Waals surface area contributed by atoms with Gasteiger partial charge in [-0.05, 0) is 62.7 Å². The Hall–Kier alpha value is -1.70. The number of amides is 1. The van der Waals surface area contributed by atoms with E-state index >= 15 is 0 Å². The molecular formula is C22H31ClN4O2S. The van der Waals surface area contributed by atoms with E-state index in [1.807, 2.05) is 36.1 Å². The molecule has 0 aliphatic carbocycles. The van der Waals surface area contributed by atoms with Gasteiger partial charge in [0, 0.05) is 43.2 Å². The second-order valence-electron chi connectivity index (χ2n) is 7.66. The fourth-order valence-electron chi connectivity index (χ4n) is 3.72. The summed E-state index contributed by atoms with van der Waals surface area (Å²) in [5.41, 5.74) is 0.972. The third-order valence-corrected chi connectivity index (χ3v) is 6.16. The lowest BCUT2D eigenvalue weighted by Gasteiger charge is -2.24. The maximum atomic E-state index is 12.8. The molecule has 30 heavy (non-hydrogen) atoms. The second kappa shape index (κ2) is 11.1. The average molecular weight is 451 g/mol. The van der Waals surface area contributed by atoms with Crippen molar-refractivity contribution in [2.45, 2.75) is 65.1 Å². The van der Waals surface area contributed by atoms with E-state index < -0.39 is 0 Å². The molecule has 6 nitrogen and oxygen atoms in total. The van der Waals surface area contributed by atoms with E-state index in [1.165, 1.54) is 0 Å². The Labute approximate surface area is 188 Å². The highest BCUT2D eigenvalue weighted by Gasteiger charge is 2.22. The van der Waals surface area contributed by atoms with E-state index in [1.54, 1.807) is 4.68 Å². The van der Waals surface area contributed by atoms with Gasteiger partial charge in [0.25, 0.3) is 0 Å². The van der Waals surface area contributed by atoms with Gasteiger partial charge in [0.1, 0.15) is 0 Å². The molecule has 1 saturated heterocycles. The van der Waals surface area contributed by atoms with E-state index in [0.717, 1.165) is 50.2 Å². The number of rotatable bonds is 10. The van der Waals surface area contributed by atoms with Gasteiger partial charge in [-0.3, -0.25) is 9.36 Å². The van der Waals surface area contributed by atoms with Gasteiger partial charge in [-0.2, -0.15) is 5.10 Å². The Morgan fingerprint density at radius 2 is 2.07 bits per heavy atom. The molecule has 0 saturated carbocycles. The second-order valence-corrected chi connectivity index (χ2v) is 8.46. The fourth-order valence-corrected chi connectivity index (χ4v) is 4.15. The van der Waals surface area contributed by atoms with Crippen LogP contribution in [0.25, 0.3) is 11.4 Å². The molecule has 2 heterocycles. The highest BCUT2D eigenvalue weighted by atomic mass is 35.5. The topological polar surface area (TPSA) is 52.3 Å². The van der Waals surface area contributed by atoms with Gasteiger partial charge in [0.2, 0.25) is 5.91 Å². The Morgan fingerprint density at radius 3 is 2.70 bits per heavy atom. The molecule has 1 aliphatic rings. The van der Waals surface area contributed by atoms with Crippen molar-refractivity contribution in [3.8, 4) is 11.4 Å². The van der Waals surface area contributed by atoms with Crippen molar-refractivity contribution < 1.29 is 9.53 Å². The smallest absolute Gasteiger partial charge is 0.224 e. The van der Waals surface area contributed by atoms with Crippen molar-refractivity contribution >= 4 is 29.7 Å². The summed E-state index contributed by atoms with van der Waals surface area (Å²) in [4.78, 5) is 14.7. The van der Waals surface area contributed by atoms with E-state index in [0.29, 0.717) is 35.8 Å². The first-order valence-corrected chi connectivity index (χ1v) is 11.6. The van der Waals surface area contributed by atoms with Gasteiger partial charge in [0.05, 0.1) is 12.6 Å². The normalized spacial score (nSPS) is 16.2. The molecule has 1 aromatic carbocycles. The minimum Gasteiger partial charge on any atom is -0.376 e. The predicted molar refractivity (Wildman–Crippen MR) is 122 cm³/mol. The highest BCUT2D eigenvalue weighted by molar-refractivity contribution is 7.71. The molecule has 0 bridgehead atoms. The van der Waals surface area contributed by atoms with Gasteiger partial charge in [-0.1, -0.05) is 24.9 Å². The van der Waals surface area contributed by atoms with Crippen LogP contribution in [0.2, 0.25) is 5.02 Å². The number of carbonyl (C=O) groups is 1. The zero-order chi connectivity index (χ0) is 21.5. The van der Waals surface area contributed by atoms with Crippen LogP contribution < -0.4 is 0 Å². The quantitative estimate of drug-likeness (QED) is 0.480. The zero-order valence-electron chi connectivity index (χ0n) is 17.8. The number of unbranched alkanes of at least 4 members (excludes halogenated alkanes) is 1. The molecule has 3 rings (SSSR count). The van der Waals surface area contributed by atoms with Crippen molar-refractivity contribution in [1.82, 2.24) is 19.2 Å². The lowest BCUT2D eigenvalue weighted by Crippen LogP contribution is -2.37. The number of halogens is 1. The maximum Gasteiger partial charge on any atom is 0.224 e. The summed E-state index contributed by atoms with van der Waals surface area (Å²) in [5, 5.41) is 5.45. The summed E-state index contributed by atoms with van der Waals surface area (Å²) in [7, 11) is 0. The van der Waals surface area contributed by atoms with E-state index in [-0.39, 0.29) is 12.0 Å². The minimum absolute atomic E-state index is 0.117. The highest BCUT2D eigenvalue weighted by Crippen LogP contribution is 2.22. The zero-order valence-corrected chi connectivity index (χ0v) is 19.4. The molecule has 164 valence electrons. The van der Waals surface area contributed by atoms with Crippen LogP contribution in [0.5, 0.6) is 0 Å². The molecule has 8 heteroatoms. The minimum atomic E-state index is 0.117. The van der Waals surface area contributed by atoms with Crippen LogP contribution in [0, 0.1) is 4.77 Å². The SMILES string of the molecule is CCCCn1c(-c2ccc(Cl)cc2)nn(CCC(=O)N(CC)CC2CCCO2)c1=S. The summed E-state index contributed by atoms with van der Waals surface area (Å²) in [6.45, 7) is 7.60. The fraction of sp³-hybridized carbons (Fsp3) is 0.591. The maximum absolute atomic E-state index is 12.8. The first-order valence-electron chi connectivity index (χ1n) is 10.9. The third kappa shape index (κ3) is 5.71. The Bertz CT molecular complexity index is 888. The Balaban J connectivity index is 1.73. The molecule has 1 aliphatic heterocycles. The van der Waals surface area contributed by atoms with Gasteiger partial charge in [-0.15, -0.1) is 0 Å².